The summed E-state index contributed by atoms with van der Waals surface area (Å²) in [4.78, 5) is 0. The van der Waals surface area contributed by atoms with E-state index >= 15 is 0 Å². The van der Waals surface area contributed by atoms with Gasteiger partial charge >= 0.3 is 0 Å². The van der Waals surface area contributed by atoms with Crippen molar-refractivity contribution in [3.63, 3.8) is 0 Å². The number of rotatable bonds is 1. The van der Waals surface area contributed by atoms with Crippen LogP contribution in [0, 0.1) is 5.82 Å². The molecule has 0 aliphatic carbocycles. The molecule has 0 N–H and O–H groups in total. The molecule has 1 aromatic carbocycles. The van der Waals surface area contributed by atoms with Gasteiger partial charge in [-0.2, -0.15) is 0 Å². The van der Waals surface area contributed by atoms with Gasteiger partial charge in [-0.1, -0.05) is 27.5 Å². The minimum absolute atomic E-state index is 0.115. The van der Waals surface area contributed by atoms with E-state index in [2.05, 4.69) is 15.9 Å². The van der Waals surface area contributed by atoms with Crippen LogP contribution in [0.15, 0.2) is 16.6 Å². The molecule has 0 heterocycles. The zero-order valence-electron chi connectivity index (χ0n) is 5.62. The highest BCUT2D eigenvalue weighted by Gasteiger charge is 2.14. The van der Waals surface area contributed by atoms with Crippen molar-refractivity contribution in [2.45, 2.75) is 6.43 Å². The second kappa shape index (κ2) is 3.66. The molecule has 66 valence electrons. The largest absolute Gasteiger partial charge is 0.265 e. The number of halogens is 5. The average Bonchev–Trinajstić information content (AvgIpc) is 1.96. The van der Waals surface area contributed by atoms with Crippen LogP contribution in [0.1, 0.15) is 12.0 Å². The lowest BCUT2D eigenvalue weighted by Gasteiger charge is -2.03. The smallest absolute Gasteiger partial charge is 0.205 e. The monoisotopic (exact) mass is 258 g/mol. The Morgan fingerprint density at radius 1 is 1.33 bits per heavy atom. The first-order chi connectivity index (χ1) is 5.52. The van der Waals surface area contributed by atoms with Gasteiger partial charge in [0.05, 0.1) is 5.02 Å². The van der Waals surface area contributed by atoms with Crippen LogP contribution in [0.3, 0.4) is 0 Å². The fourth-order valence-corrected chi connectivity index (χ4v) is 1.52. The number of benzene rings is 1. The third kappa shape index (κ3) is 1.93. The maximum Gasteiger partial charge on any atom is 0.265 e. The lowest BCUT2D eigenvalue weighted by molar-refractivity contribution is 0.150. The zero-order valence-corrected chi connectivity index (χ0v) is 7.96. The molecular weight excluding hydrogens is 256 g/mol. The molecule has 0 amide bonds. The first kappa shape index (κ1) is 9.86. The van der Waals surface area contributed by atoms with E-state index in [1.165, 1.54) is 0 Å². The van der Waals surface area contributed by atoms with Gasteiger partial charge in [-0.25, -0.2) is 13.2 Å². The molecule has 0 bridgehead atoms. The second-order valence-corrected chi connectivity index (χ2v) is 3.35. The van der Waals surface area contributed by atoms with Gasteiger partial charge in [0.2, 0.25) is 0 Å². The van der Waals surface area contributed by atoms with Gasteiger partial charge in [-0.15, -0.1) is 0 Å². The van der Waals surface area contributed by atoms with Crippen molar-refractivity contribution >= 4 is 27.5 Å². The third-order valence-corrected chi connectivity index (χ3v) is 2.25. The van der Waals surface area contributed by atoms with E-state index in [1.54, 1.807) is 0 Å². The molecule has 1 rings (SSSR count). The Morgan fingerprint density at radius 2 is 1.92 bits per heavy atom. The van der Waals surface area contributed by atoms with Crippen molar-refractivity contribution in [1.82, 2.24) is 0 Å². The van der Waals surface area contributed by atoms with Gasteiger partial charge in [0.15, 0.2) is 0 Å². The van der Waals surface area contributed by atoms with E-state index in [0.29, 0.717) is 0 Å². The predicted octanol–water partition coefficient (Wildman–Crippen LogP) is 4.18. The van der Waals surface area contributed by atoms with Crippen molar-refractivity contribution in [3.05, 3.63) is 33.0 Å². The van der Waals surface area contributed by atoms with Crippen molar-refractivity contribution in [3.8, 4) is 0 Å². The molecule has 0 atom stereocenters. The molecule has 0 radical (unpaired) electrons. The highest BCUT2D eigenvalue weighted by Crippen LogP contribution is 2.31. The van der Waals surface area contributed by atoms with Gasteiger partial charge in [-0.05, 0) is 12.1 Å². The van der Waals surface area contributed by atoms with Crippen LogP contribution in [0.4, 0.5) is 13.2 Å². The number of alkyl halides is 2. The first-order valence-corrected chi connectivity index (χ1v) is 4.12. The molecule has 0 aliphatic heterocycles. The van der Waals surface area contributed by atoms with Crippen molar-refractivity contribution < 1.29 is 13.2 Å². The summed E-state index contributed by atoms with van der Waals surface area (Å²) in [6, 6.07) is 1.83. The molecule has 12 heavy (non-hydrogen) atoms. The molecule has 0 fully saturated rings. The van der Waals surface area contributed by atoms with E-state index in [-0.39, 0.29) is 9.50 Å². The van der Waals surface area contributed by atoms with Gasteiger partial charge in [-0.3, -0.25) is 0 Å². The molecule has 0 spiro atoms. The summed E-state index contributed by atoms with van der Waals surface area (Å²) >= 11 is 8.19. The molecule has 0 aromatic heterocycles. The van der Waals surface area contributed by atoms with E-state index in [0.717, 1.165) is 12.1 Å². The van der Waals surface area contributed by atoms with Crippen LogP contribution in [0.5, 0.6) is 0 Å². The Balaban J connectivity index is 3.23. The van der Waals surface area contributed by atoms with E-state index in [4.69, 9.17) is 11.6 Å². The highest BCUT2D eigenvalue weighted by molar-refractivity contribution is 9.10. The SMILES string of the molecule is Fc1cc(C(F)F)c(Br)cc1Cl. The molecule has 0 unspecified atom stereocenters. The van der Waals surface area contributed by atoms with E-state index < -0.39 is 17.8 Å². The normalized spacial score (nSPS) is 10.8. The van der Waals surface area contributed by atoms with E-state index in [1.807, 2.05) is 0 Å². The Hall–Kier alpha value is -0.220. The molecule has 0 aliphatic rings. The summed E-state index contributed by atoms with van der Waals surface area (Å²) in [6.07, 6.45) is -2.70. The van der Waals surface area contributed by atoms with Crippen LogP contribution in [0.2, 0.25) is 5.02 Å². The third-order valence-electron chi connectivity index (χ3n) is 1.27. The molecular formula is C7H3BrClF3. The van der Waals surface area contributed by atoms with Crippen LogP contribution in [-0.2, 0) is 0 Å². The molecule has 0 saturated carbocycles. The molecule has 5 heteroatoms. The Labute approximate surface area is 80.5 Å². The fourth-order valence-electron chi connectivity index (χ4n) is 0.705. The maximum atomic E-state index is 12.6. The van der Waals surface area contributed by atoms with E-state index in [9.17, 15) is 13.2 Å². The molecule has 0 nitrogen and oxygen atoms in total. The summed E-state index contributed by atoms with van der Waals surface area (Å²) in [6.45, 7) is 0. The van der Waals surface area contributed by atoms with Crippen molar-refractivity contribution in [2.24, 2.45) is 0 Å². The van der Waals surface area contributed by atoms with Crippen molar-refractivity contribution in [1.29, 1.82) is 0 Å². The van der Waals surface area contributed by atoms with Gasteiger partial charge in [0.25, 0.3) is 6.43 Å². The highest BCUT2D eigenvalue weighted by atomic mass is 79.9. The summed E-state index contributed by atoms with van der Waals surface area (Å²) < 4.78 is 36.9. The van der Waals surface area contributed by atoms with Crippen LogP contribution in [-0.4, -0.2) is 0 Å². The summed E-state index contributed by atoms with van der Waals surface area (Å²) in [7, 11) is 0. The number of hydrogen-bond donors (Lipinski definition) is 0. The lowest BCUT2D eigenvalue weighted by atomic mass is 10.2. The Bertz CT molecular complexity index is 301. The quantitative estimate of drug-likeness (QED) is 0.664. The summed E-state index contributed by atoms with van der Waals surface area (Å²) in [5, 5.41) is -0.175. The summed E-state index contributed by atoms with van der Waals surface area (Å²) in [5.74, 6) is -0.838. The van der Waals surface area contributed by atoms with Crippen LogP contribution < -0.4 is 0 Å². The Kier molecular flexibility index (Phi) is 3.01. The molecule has 1 aromatic rings. The average molecular weight is 259 g/mol. The van der Waals surface area contributed by atoms with Gasteiger partial charge in [0.1, 0.15) is 5.82 Å². The molecule has 0 saturated heterocycles. The Morgan fingerprint density at radius 3 is 2.42 bits per heavy atom. The standard InChI is InChI=1S/C7H3BrClF3/c8-4-2-5(9)6(10)1-3(4)7(11)12/h1-2,7H. The first-order valence-electron chi connectivity index (χ1n) is 2.95. The lowest BCUT2D eigenvalue weighted by Crippen LogP contribution is -1.88. The fraction of sp³-hybridized carbons (Fsp3) is 0.143. The summed E-state index contributed by atoms with van der Waals surface area (Å²) in [5.41, 5.74) is -0.392. The second-order valence-electron chi connectivity index (χ2n) is 2.09. The zero-order chi connectivity index (χ0) is 9.30. The minimum atomic E-state index is -2.70. The minimum Gasteiger partial charge on any atom is -0.205 e. The van der Waals surface area contributed by atoms with Crippen LogP contribution in [0.25, 0.3) is 0 Å². The number of hydrogen-bond acceptors (Lipinski definition) is 0. The predicted molar refractivity (Wildman–Crippen MR) is 44.1 cm³/mol. The topological polar surface area (TPSA) is 0 Å². The van der Waals surface area contributed by atoms with Crippen LogP contribution >= 0.6 is 27.5 Å². The van der Waals surface area contributed by atoms with Gasteiger partial charge in [0, 0.05) is 10.0 Å². The van der Waals surface area contributed by atoms with Crippen molar-refractivity contribution in [2.75, 3.05) is 0 Å². The maximum absolute atomic E-state index is 12.6. The van der Waals surface area contributed by atoms with Gasteiger partial charge < -0.3 is 0 Å².